The minimum Gasteiger partial charge on any atom is -0.507 e. The molecule has 0 fully saturated rings. The first-order valence-corrected chi connectivity index (χ1v) is 6.13. The Balaban J connectivity index is 2.20. The molecule has 4 N–H and O–H groups in total. The van der Waals surface area contributed by atoms with E-state index in [4.69, 9.17) is 10.5 Å². The summed E-state index contributed by atoms with van der Waals surface area (Å²) >= 11 is 0. The third-order valence-electron chi connectivity index (χ3n) is 3.03. The molecule has 2 rings (SSSR count). The Labute approximate surface area is 106 Å². The van der Waals surface area contributed by atoms with E-state index in [-0.39, 0.29) is 17.4 Å². The lowest BCUT2D eigenvalue weighted by Gasteiger charge is -2.26. The van der Waals surface area contributed by atoms with Crippen molar-refractivity contribution in [3.8, 4) is 11.5 Å². The average molecular weight is 250 g/mol. The maximum Gasteiger partial charge on any atom is 0.252 e. The summed E-state index contributed by atoms with van der Waals surface area (Å²) in [6.45, 7) is 3.61. The average Bonchev–Trinajstić information content (AvgIpc) is 2.35. The number of hydrogen-bond acceptors (Lipinski definition) is 4. The zero-order chi connectivity index (χ0) is 13.1. The normalized spacial score (nSPS) is 17.9. The monoisotopic (exact) mass is 250 g/mol. The molecule has 0 spiro atoms. The molecule has 0 aromatic heterocycles. The first-order chi connectivity index (χ1) is 8.61. The third-order valence-corrected chi connectivity index (χ3v) is 3.03. The van der Waals surface area contributed by atoms with Crippen LogP contribution in [0.1, 0.15) is 29.3 Å². The summed E-state index contributed by atoms with van der Waals surface area (Å²) in [5, 5.41) is 13.0. The maximum atomic E-state index is 11.2. The number of carbonyl (C=O) groups is 1. The van der Waals surface area contributed by atoms with E-state index in [1.165, 1.54) is 6.07 Å². The van der Waals surface area contributed by atoms with Gasteiger partial charge in [-0.05, 0) is 31.0 Å². The second kappa shape index (κ2) is 5.27. The standard InChI is InChI=1S/C13H18N2O3/c1-2-3-15-9-4-8-5-10(13(14)17)11(16)6-12(8)18-7-9/h5-6,9,15-16H,2-4,7H2,1H3,(H2,14,17). The summed E-state index contributed by atoms with van der Waals surface area (Å²) in [5.74, 6) is -0.118. The molecule has 1 amide bonds. The van der Waals surface area contributed by atoms with Gasteiger partial charge in [-0.3, -0.25) is 4.79 Å². The number of carbonyl (C=O) groups excluding carboxylic acids is 1. The van der Waals surface area contributed by atoms with Crippen molar-refractivity contribution >= 4 is 5.91 Å². The second-order valence-corrected chi connectivity index (χ2v) is 4.51. The SMILES string of the molecule is CCCNC1COc2cc(O)c(C(N)=O)cc2C1. The summed E-state index contributed by atoms with van der Waals surface area (Å²) in [7, 11) is 0. The Bertz CT molecular complexity index is 460. The lowest BCUT2D eigenvalue weighted by Crippen LogP contribution is -2.39. The van der Waals surface area contributed by atoms with Gasteiger partial charge >= 0.3 is 0 Å². The van der Waals surface area contributed by atoms with Crippen molar-refractivity contribution in [2.45, 2.75) is 25.8 Å². The largest absolute Gasteiger partial charge is 0.507 e. The van der Waals surface area contributed by atoms with Crippen molar-refractivity contribution in [2.75, 3.05) is 13.2 Å². The highest BCUT2D eigenvalue weighted by atomic mass is 16.5. The quantitative estimate of drug-likeness (QED) is 0.737. The van der Waals surface area contributed by atoms with Crippen LogP contribution in [-0.2, 0) is 6.42 Å². The van der Waals surface area contributed by atoms with Crippen molar-refractivity contribution in [2.24, 2.45) is 5.73 Å². The Morgan fingerprint density at radius 1 is 1.61 bits per heavy atom. The minimum atomic E-state index is -0.626. The molecule has 0 saturated heterocycles. The summed E-state index contributed by atoms with van der Waals surface area (Å²) < 4.78 is 5.57. The molecule has 98 valence electrons. The molecule has 0 radical (unpaired) electrons. The Hall–Kier alpha value is -1.75. The molecule has 0 saturated carbocycles. The van der Waals surface area contributed by atoms with Crippen LogP contribution in [-0.4, -0.2) is 30.2 Å². The first kappa shape index (κ1) is 12.7. The van der Waals surface area contributed by atoms with Crippen LogP contribution in [0.2, 0.25) is 0 Å². The van der Waals surface area contributed by atoms with E-state index >= 15 is 0 Å². The molecule has 0 bridgehead atoms. The maximum absolute atomic E-state index is 11.2. The van der Waals surface area contributed by atoms with E-state index in [2.05, 4.69) is 12.2 Å². The molecule has 1 aromatic carbocycles. The van der Waals surface area contributed by atoms with Crippen molar-refractivity contribution in [3.05, 3.63) is 23.3 Å². The molecule has 1 unspecified atom stereocenters. The number of nitrogens with two attached hydrogens (primary N) is 1. The Morgan fingerprint density at radius 3 is 3.06 bits per heavy atom. The van der Waals surface area contributed by atoms with Crippen LogP contribution >= 0.6 is 0 Å². The predicted octanol–water partition coefficient (Wildman–Crippen LogP) is 0.794. The van der Waals surface area contributed by atoms with Gasteiger partial charge in [0.25, 0.3) is 5.91 Å². The Kier molecular flexibility index (Phi) is 3.72. The third kappa shape index (κ3) is 2.56. The van der Waals surface area contributed by atoms with E-state index in [1.54, 1.807) is 6.07 Å². The van der Waals surface area contributed by atoms with E-state index in [0.29, 0.717) is 12.4 Å². The van der Waals surface area contributed by atoms with Gasteiger partial charge in [-0.15, -0.1) is 0 Å². The number of hydrogen-bond donors (Lipinski definition) is 3. The van der Waals surface area contributed by atoms with E-state index in [0.717, 1.165) is 24.9 Å². The van der Waals surface area contributed by atoms with Crippen molar-refractivity contribution in [1.82, 2.24) is 5.32 Å². The van der Waals surface area contributed by atoms with Crippen LogP contribution in [0.4, 0.5) is 0 Å². The number of primary amides is 1. The number of amides is 1. The van der Waals surface area contributed by atoms with Gasteiger partial charge in [-0.25, -0.2) is 0 Å². The number of phenols is 1. The predicted molar refractivity (Wildman–Crippen MR) is 67.9 cm³/mol. The zero-order valence-electron chi connectivity index (χ0n) is 10.4. The fourth-order valence-electron chi connectivity index (χ4n) is 2.10. The van der Waals surface area contributed by atoms with Crippen LogP contribution in [0, 0.1) is 0 Å². The molecule has 1 aliphatic rings. The van der Waals surface area contributed by atoms with Gasteiger partial charge in [-0.1, -0.05) is 6.92 Å². The number of nitrogens with one attached hydrogen (secondary N) is 1. The molecule has 0 aliphatic carbocycles. The Morgan fingerprint density at radius 2 is 2.39 bits per heavy atom. The summed E-state index contributed by atoms with van der Waals surface area (Å²) in [6, 6.07) is 3.32. The topological polar surface area (TPSA) is 84.6 Å². The lowest BCUT2D eigenvalue weighted by molar-refractivity contribution is 0.0997. The first-order valence-electron chi connectivity index (χ1n) is 6.13. The van der Waals surface area contributed by atoms with Crippen LogP contribution in [0.15, 0.2) is 12.1 Å². The second-order valence-electron chi connectivity index (χ2n) is 4.51. The number of fused-ring (bicyclic) bond motifs is 1. The van der Waals surface area contributed by atoms with Gasteiger partial charge in [0.05, 0.1) is 5.56 Å². The molecule has 1 aliphatic heterocycles. The smallest absolute Gasteiger partial charge is 0.252 e. The molecule has 5 heteroatoms. The number of rotatable bonds is 4. The summed E-state index contributed by atoms with van der Waals surface area (Å²) in [4.78, 5) is 11.2. The van der Waals surface area contributed by atoms with Crippen LogP contribution in [0.5, 0.6) is 11.5 Å². The van der Waals surface area contributed by atoms with Gasteiger partial charge in [0, 0.05) is 12.1 Å². The van der Waals surface area contributed by atoms with Crippen molar-refractivity contribution < 1.29 is 14.6 Å². The fourth-order valence-corrected chi connectivity index (χ4v) is 2.10. The highest BCUT2D eigenvalue weighted by molar-refractivity contribution is 5.96. The van der Waals surface area contributed by atoms with Gasteiger partial charge in [0.1, 0.15) is 18.1 Å². The van der Waals surface area contributed by atoms with E-state index in [9.17, 15) is 9.90 Å². The zero-order valence-corrected chi connectivity index (χ0v) is 10.4. The van der Waals surface area contributed by atoms with Crippen molar-refractivity contribution in [1.29, 1.82) is 0 Å². The highest BCUT2D eigenvalue weighted by Gasteiger charge is 2.22. The number of aromatic hydroxyl groups is 1. The molecule has 1 aromatic rings. The van der Waals surface area contributed by atoms with Gasteiger partial charge in [0.15, 0.2) is 0 Å². The summed E-state index contributed by atoms with van der Waals surface area (Å²) in [5.41, 5.74) is 6.26. The lowest BCUT2D eigenvalue weighted by atomic mass is 9.99. The number of ether oxygens (including phenoxy) is 1. The number of benzene rings is 1. The molecule has 1 heterocycles. The van der Waals surface area contributed by atoms with Gasteiger partial charge < -0.3 is 20.9 Å². The molecule has 1 atom stereocenters. The fraction of sp³-hybridized carbons (Fsp3) is 0.462. The molecular weight excluding hydrogens is 232 g/mol. The highest BCUT2D eigenvalue weighted by Crippen LogP contribution is 2.31. The van der Waals surface area contributed by atoms with Crippen LogP contribution in [0.25, 0.3) is 0 Å². The molecule has 5 nitrogen and oxygen atoms in total. The van der Waals surface area contributed by atoms with Gasteiger partial charge in [0.2, 0.25) is 0 Å². The van der Waals surface area contributed by atoms with E-state index < -0.39 is 5.91 Å². The summed E-state index contributed by atoms with van der Waals surface area (Å²) in [6.07, 6.45) is 1.83. The molecular formula is C13H18N2O3. The minimum absolute atomic E-state index is 0.124. The van der Waals surface area contributed by atoms with Gasteiger partial charge in [-0.2, -0.15) is 0 Å². The van der Waals surface area contributed by atoms with Crippen LogP contribution < -0.4 is 15.8 Å². The van der Waals surface area contributed by atoms with Crippen LogP contribution in [0.3, 0.4) is 0 Å². The van der Waals surface area contributed by atoms with Crippen molar-refractivity contribution in [3.63, 3.8) is 0 Å². The molecule has 18 heavy (non-hydrogen) atoms. The van der Waals surface area contributed by atoms with E-state index in [1.807, 2.05) is 0 Å².